The summed E-state index contributed by atoms with van der Waals surface area (Å²) in [5, 5.41) is 0. The second-order valence-corrected chi connectivity index (χ2v) is 5.90. The number of aromatic nitrogens is 2. The van der Waals surface area contributed by atoms with Crippen LogP contribution < -0.4 is 15.6 Å². The van der Waals surface area contributed by atoms with E-state index in [1.807, 2.05) is 0 Å². The van der Waals surface area contributed by atoms with Crippen molar-refractivity contribution in [3.8, 4) is 5.88 Å². The van der Waals surface area contributed by atoms with Gasteiger partial charge >= 0.3 is 0 Å². The molecule has 1 aliphatic rings. The van der Waals surface area contributed by atoms with Crippen LogP contribution in [0.1, 0.15) is 51.9 Å². The minimum absolute atomic E-state index is 0.0281. The Labute approximate surface area is 132 Å². The van der Waals surface area contributed by atoms with Crippen LogP contribution in [0.3, 0.4) is 0 Å². The minimum Gasteiger partial charge on any atom is -0.481 e. The molecule has 1 aromatic rings. The summed E-state index contributed by atoms with van der Waals surface area (Å²) < 4.78 is 5.02. The Morgan fingerprint density at radius 3 is 2.82 bits per heavy atom. The van der Waals surface area contributed by atoms with E-state index in [1.165, 1.54) is 19.3 Å². The molecule has 0 spiro atoms. The van der Waals surface area contributed by atoms with Gasteiger partial charge in [0.15, 0.2) is 0 Å². The van der Waals surface area contributed by atoms with Crippen LogP contribution in [0.15, 0.2) is 12.3 Å². The lowest BCUT2D eigenvalue weighted by molar-refractivity contribution is -0.125. The van der Waals surface area contributed by atoms with Crippen molar-refractivity contribution in [1.82, 2.24) is 15.4 Å². The molecule has 0 bridgehead atoms. The fourth-order valence-electron chi connectivity index (χ4n) is 2.94. The van der Waals surface area contributed by atoms with E-state index in [1.54, 1.807) is 19.4 Å². The first-order valence-electron chi connectivity index (χ1n) is 8.15. The van der Waals surface area contributed by atoms with E-state index >= 15 is 0 Å². The largest absolute Gasteiger partial charge is 0.481 e. The van der Waals surface area contributed by atoms with Crippen molar-refractivity contribution in [3.05, 3.63) is 12.3 Å². The first kappa shape index (κ1) is 16.5. The Kier molecular flexibility index (Phi) is 6.43. The number of hydrogen-bond acceptors (Lipinski definition) is 5. The van der Waals surface area contributed by atoms with E-state index in [0.717, 1.165) is 31.6 Å². The van der Waals surface area contributed by atoms with E-state index in [-0.39, 0.29) is 11.8 Å². The van der Waals surface area contributed by atoms with E-state index in [2.05, 4.69) is 27.7 Å². The van der Waals surface area contributed by atoms with Crippen LogP contribution in [-0.2, 0) is 4.79 Å². The first-order valence-corrected chi connectivity index (χ1v) is 8.15. The quantitative estimate of drug-likeness (QED) is 0.757. The zero-order valence-corrected chi connectivity index (χ0v) is 13.5. The molecule has 1 fully saturated rings. The number of carbonyl (C=O) groups is 1. The minimum atomic E-state index is 0.0281. The standard InChI is InChI=1S/C16H26N4O2/c1-3-4-5-12-6-8-13(9-7-12)15(21)19-20-16-17-11-10-14(18-16)22-2/h10-13H,3-9H2,1-2H3,(H,19,21)(H,17,18,20). The number of nitrogens with one attached hydrogen (secondary N) is 2. The van der Waals surface area contributed by atoms with E-state index in [0.29, 0.717) is 11.8 Å². The van der Waals surface area contributed by atoms with Crippen LogP contribution in [0.5, 0.6) is 5.88 Å². The second-order valence-electron chi connectivity index (χ2n) is 5.90. The van der Waals surface area contributed by atoms with Crippen molar-refractivity contribution in [3.63, 3.8) is 0 Å². The molecule has 1 heterocycles. The number of unbranched alkanes of at least 4 members (excludes halogenated alkanes) is 1. The van der Waals surface area contributed by atoms with Gasteiger partial charge in [0, 0.05) is 18.2 Å². The molecule has 0 aromatic carbocycles. The lowest BCUT2D eigenvalue weighted by atomic mass is 9.79. The maximum Gasteiger partial charge on any atom is 0.245 e. The summed E-state index contributed by atoms with van der Waals surface area (Å²) in [6.45, 7) is 2.23. The normalized spacial score (nSPS) is 21.2. The fourth-order valence-corrected chi connectivity index (χ4v) is 2.94. The number of hydrazine groups is 1. The van der Waals surface area contributed by atoms with Gasteiger partial charge in [-0.3, -0.25) is 15.6 Å². The van der Waals surface area contributed by atoms with Crippen LogP contribution in [0.2, 0.25) is 0 Å². The smallest absolute Gasteiger partial charge is 0.245 e. The van der Waals surface area contributed by atoms with Crippen LogP contribution in [0.25, 0.3) is 0 Å². The van der Waals surface area contributed by atoms with Crippen LogP contribution in [-0.4, -0.2) is 23.0 Å². The molecule has 6 nitrogen and oxygen atoms in total. The van der Waals surface area contributed by atoms with Crippen molar-refractivity contribution in [2.45, 2.75) is 51.9 Å². The van der Waals surface area contributed by atoms with Crippen LogP contribution >= 0.6 is 0 Å². The Bertz CT molecular complexity index is 473. The molecule has 0 atom stereocenters. The van der Waals surface area contributed by atoms with Gasteiger partial charge in [0.1, 0.15) is 0 Å². The average molecular weight is 306 g/mol. The van der Waals surface area contributed by atoms with Crippen molar-refractivity contribution >= 4 is 11.9 Å². The average Bonchev–Trinajstić information content (AvgIpc) is 2.58. The van der Waals surface area contributed by atoms with Gasteiger partial charge in [-0.2, -0.15) is 4.98 Å². The van der Waals surface area contributed by atoms with Gasteiger partial charge in [0.25, 0.3) is 0 Å². The summed E-state index contributed by atoms with van der Waals surface area (Å²) in [5.41, 5.74) is 5.47. The molecule has 122 valence electrons. The Morgan fingerprint density at radius 2 is 2.14 bits per heavy atom. The van der Waals surface area contributed by atoms with E-state index < -0.39 is 0 Å². The highest BCUT2D eigenvalue weighted by molar-refractivity contribution is 5.79. The molecule has 1 saturated carbocycles. The molecule has 0 saturated heterocycles. The van der Waals surface area contributed by atoms with Crippen molar-refractivity contribution in [2.75, 3.05) is 12.5 Å². The molecule has 2 rings (SSSR count). The molecule has 22 heavy (non-hydrogen) atoms. The number of carbonyl (C=O) groups excluding carboxylic acids is 1. The number of hydrogen-bond donors (Lipinski definition) is 2. The Balaban J connectivity index is 1.74. The molecular formula is C16H26N4O2. The highest BCUT2D eigenvalue weighted by Crippen LogP contribution is 2.31. The fraction of sp³-hybridized carbons (Fsp3) is 0.688. The number of methoxy groups -OCH3 is 1. The van der Waals surface area contributed by atoms with Gasteiger partial charge < -0.3 is 4.74 Å². The van der Waals surface area contributed by atoms with Gasteiger partial charge in [-0.05, 0) is 31.6 Å². The highest BCUT2D eigenvalue weighted by atomic mass is 16.5. The van der Waals surface area contributed by atoms with Gasteiger partial charge in [-0.25, -0.2) is 4.98 Å². The van der Waals surface area contributed by atoms with Crippen molar-refractivity contribution in [1.29, 1.82) is 0 Å². The molecule has 0 unspecified atom stereocenters. The highest BCUT2D eigenvalue weighted by Gasteiger charge is 2.25. The third-order valence-corrected chi connectivity index (χ3v) is 4.32. The van der Waals surface area contributed by atoms with E-state index in [4.69, 9.17) is 4.74 Å². The number of nitrogens with zero attached hydrogens (tertiary/aromatic N) is 2. The zero-order valence-electron chi connectivity index (χ0n) is 13.5. The Morgan fingerprint density at radius 1 is 1.36 bits per heavy atom. The molecule has 6 heteroatoms. The number of rotatable bonds is 7. The first-order chi connectivity index (χ1) is 10.7. The van der Waals surface area contributed by atoms with E-state index in [9.17, 15) is 4.79 Å². The summed E-state index contributed by atoms with van der Waals surface area (Å²) in [5.74, 6) is 1.72. The summed E-state index contributed by atoms with van der Waals surface area (Å²) in [6.07, 6.45) is 9.71. The third-order valence-electron chi connectivity index (χ3n) is 4.32. The van der Waals surface area contributed by atoms with Crippen molar-refractivity contribution in [2.24, 2.45) is 11.8 Å². The van der Waals surface area contributed by atoms with Gasteiger partial charge in [-0.1, -0.05) is 26.2 Å². The zero-order chi connectivity index (χ0) is 15.8. The van der Waals surface area contributed by atoms with Gasteiger partial charge in [0.2, 0.25) is 17.7 Å². The summed E-state index contributed by atoms with van der Waals surface area (Å²) >= 11 is 0. The Hall–Kier alpha value is -1.85. The monoisotopic (exact) mass is 306 g/mol. The number of anilines is 1. The number of ether oxygens (including phenoxy) is 1. The molecular weight excluding hydrogens is 280 g/mol. The van der Waals surface area contributed by atoms with Crippen molar-refractivity contribution < 1.29 is 9.53 Å². The van der Waals surface area contributed by atoms with Gasteiger partial charge in [0.05, 0.1) is 7.11 Å². The molecule has 0 radical (unpaired) electrons. The maximum atomic E-state index is 12.2. The van der Waals surface area contributed by atoms with Gasteiger partial charge in [-0.15, -0.1) is 0 Å². The lowest BCUT2D eigenvalue weighted by Gasteiger charge is -2.27. The molecule has 1 aliphatic carbocycles. The lowest BCUT2D eigenvalue weighted by Crippen LogP contribution is -2.37. The predicted molar refractivity (Wildman–Crippen MR) is 85.3 cm³/mol. The third kappa shape index (κ3) is 4.86. The number of amides is 1. The molecule has 2 N–H and O–H groups in total. The molecule has 0 aliphatic heterocycles. The van der Waals surface area contributed by atoms with Crippen LogP contribution in [0.4, 0.5) is 5.95 Å². The molecule has 1 aromatic heterocycles. The summed E-state index contributed by atoms with van der Waals surface area (Å²) in [4.78, 5) is 20.3. The topological polar surface area (TPSA) is 76.1 Å². The maximum absolute atomic E-state index is 12.2. The second kappa shape index (κ2) is 8.56. The SMILES string of the molecule is CCCCC1CCC(C(=O)NNc2nccc(OC)n2)CC1. The summed E-state index contributed by atoms with van der Waals surface area (Å²) in [7, 11) is 1.54. The predicted octanol–water partition coefficient (Wildman–Crippen LogP) is 2.92. The van der Waals surface area contributed by atoms with Crippen LogP contribution in [0, 0.1) is 11.8 Å². The summed E-state index contributed by atoms with van der Waals surface area (Å²) in [6, 6.07) is 1.66. The molecule has 1 amide bonds.